The number of hydrogen-bond donors (Lipinski definition) is 1. The maximum absolute atomic E-state index is 3.48. The van der Waals surface area contributed by atoms with Crippen molar-refractivity contribution >= 4 is 11.3 Å². The van der Waals surface area contributed by atoms with E-state index in [1.54, 1.807) is 0 Å². The maximum Gasteiger partial charge on any atom is 0.0563 e. The van der Waals surface area contributed by atoms with Crippen LogP contribution in [0.2, 0.25) is 0 Å². The zero-order chi connectivity index (χ0) is 13.7. The number of rotatable bonds is 7. The Morgan fingerprint density at radius 1 is 1.21 bits per heavy atom. The molecule has 0 aliphatic carbocycles. The van der Waals surface area contributed by atoms with Gasteiger partial charge in [0.2, 0.25) is 0 Å². The Hall–Kier alpha value is -1.06. The minimum Gasteiger partial charge on any atom is -0.349 e. The van der Waals surface area contributed by atoms with Crippen LogP contribution in [0.4, 0.5) is 0 Å². The molecule has 2 aromatic rings. The number of nitrogens with zero attached hydrogens (tertiary/aromatic N) is 1. The van der Waals surface area contributed by atoms with Crippen LogP contribution in [-0.4, -0.2) is 11.1 Å². The first kappa shape index (κ1) is 14.4. The van der Waals surface area contributed by atoms with Crippen LogP contribution >= 0.6 is 11.3 Å². The van der Waals surface area contributed by atoms with Gasteiger partial charge in [0, 0.05) is 28.7 Å². The van der Waals surface area contributed by atoms with Crippen molar-refractivity contribution in [3.05, 3.63) is 45.9 Å². The lowest BCUT2D eigenvalue weighted by Crippen LogP contribution is -2.18. The van der Waals surface area contributed by atoms with E-state index >= 15 is 0 Å². The van der Waals surface area contributed by atoms with Gasteiger partial charge in [-0.3, -0.25) is 0 Å². The third-order valence-electron chi connectivity index (χ3n) is 3.10. The van der Waals surface area contributed by atoms with Gasteiger partial charge >= 0.3 is 0 Å². The first-order valence-corrected chi connectivity index (χ1v) is 7.92. The van der Waals surface area contributed by atoms with E-state index in [2.05, 4.69) is 61.2 Å². The van der Waals surface area contributed by atoms with Crippen LogP contribution < -0.4 is 5.32 Å². The van der Waals surface area contributed by atoms with Crippen molar-refractivity contribution in [1.82, 2.24) is 9.88 Å². The highest BCUT2D eigenvalue weighted by Crippen LogP contribution is 2.18. The van der Waals surface area contributed by atoms with Crippen LogP contribution in [0.1, 0.15) is 36.1 Å². The van der Waals surface area contributed by atoms with E-state index in [1.807, 2.05) is 11.3 Å². The molecule has 0 bridgehead atoms. The number of aryl methyl sites for hydroxylation is 1. The summed E-state index contributed by atoms with van der Waals surface area (Å²) in [7, 11) is 0. The first-order chi connectivity index (χ1) is 9.17. The summed E-state index contributed by atoms with van der Waals surface area (Å²) in [5, 5.41) is 3.48. The van der Waals surface area contributed by atoms with Crippen LogP contribution in [0.5, 0.6) is 0 Å². The van der Waals surface area contributed by atoms with Crippen LogP contribution in [0.15, 0.2) is 30.6 Å². The van der Waals surface area contributed by atoms with E-state index in [0.717, 1.165) is 26.1 Å². The average Bonchev–Trinajstić information content (AvgIpc) is 2.99. The third-order valence-corrected chi connectivity index (χ3v) is 4.31. The Labute approximate surface area is 120 Å². The molecule has 104 valence electrons. The summed E-state index contributed by atoms with van der Waals surface area (Å²) in [4.78, 5) is 2.91. The Kier molecular flexibility index (Phi) is 5.23. The van der Waals surface area contributed by atoms with Gasteiger partial charge in [0.25, 0.3) is 0 Å². The fraction of sp³-hybridized carbons (Fsp3) is 0.500. The molecule has 19 heavy (non-hydrogen) atoms. The van der Waals surface area contributed by atoms with E-state index in [9.17, 15) is 0 Å². The fourth-order valence-corrected chi connectivity index (χ4v) is 3.04. The van der Waals surface area contributed by atoms with Crippen LogP contribution in [-0.2, 0) is 19.5 Å². The van der Waals surface area contributed by atoms with Gasteiger partial charge < -0.3 is 9.88 Å². The van der Waals surface area contributed by atoms with Crippen LogP contribution in [0.3, 0.4) is 0 Å². The molecule has 0 aromatic carbocycles. The zero-order valence-electron chi connectivity index (χ0n) is 12.1. The Balaban J connectivity index is 1.86. The standard InChI is InChI=1S/C16H24N2S/c1-4-15-5-6-16(19-15)12-18-8-7-14(11-18)10-17-9-13(2)3/h5-8,11,13,17H,4,9-10,12H2,1-3H3. The fourth-order valence-electron chi connectivity index (χ4n) is 2.08. The highest BCUT2D eigenvalue weighted by Gasteiger charge is 2.02. The summed E-state index contributed by atoms with van der Waals surface area (Å²) in [6.45, 7) is 9.73. The molecule has 1 N–H and O–H groups in total. The highest BCUT2D eigenvalue weighted by atomic mass is 32.1. The lowest BCUT2D eigenvalue weighted by molar-refractivity contribution is 0.552. The molecule has 3 heteroatoms. The molecule has 2 rings (SSSR count). The second-order valence-electron chi connectivity index (χ2n) is 5.44. The summed E-state index contributed by atoms with van der Waals surface area (Å²) in [6.07, 6.45) is 5.57. The molecule has 0 spiro atoms. The van der Waals surface area contributed by atoms with Crippen LogP contribution in [0, 0.1) is 5.92 Å². The van der Waals surface area contributed by atoms with Gasteiger partial charge in [-0.05, 0) is 42.6 Å². The molecule has 0 amide bonds. The van der Waals surface area contributed by atoms with Gasteiger partial charge in [-0.2, -0.15) is 0 Å². The monoisotopic (exact) mass is 276 g/mol. The van der Waals surface area contributed by atoms with Gasteiger partial charge in [0.15, 0.2) is 0 Å². The molecular weight excluding hydrogens is 252 g/mol. The van der Waals surface area contributed by atoms with E-state index in [0.29, 0.717) is 5.92 Å². The van der Waals surface area contributed by atoms with Crippen molar-refractivity contribution in [2.24, 2.45) is 5.92 Å². The predicted octanol–water partition coefficient (Wildman–Crippen LogP) is 3.91. The van der Waals surface area contributed by atoms with E-state index in [4.69, 9.17) is 0 Å². The predicted molar refractivity (Wildman–Crippen MR) is 83.8 cm³/mol. The molecule has 0 unspecified atom stereocenters. The van der Waals surface area contributed by atoms with Crippen molar-refractivity contribution in [3.63, 3.8) is 0 Å². The molecule has 2 nitrogen and oxygen atoms in total. The molecule has 0 aliphatic heterocycles. The second kappa shape index (κ2) is 6.92. The summed E-state index contributed by atoms with van der Waals surface area (Å²) in [6, 6.07) is 6.70. The topological polar surface area (TPSA) is 17.0 Å². The first-order valence-electron chi connectivity index (χ1n) is 7.10. The average molecular weight is 276 g/mol. The summed E-state index contributed by atoms with van der Waals surface area (Å²) in [5.74, 6) is 0.709. The molecule has 0 atom stereocenters. The Morgan fingerprint density at radius 2 is 2.00 bits per heavy atom. The van der Waals surface area contributed by atoms with Crippen molar-refractivity contribution in [2.75, 3.05) is 6.54 Å². The molecule has 2 heterocycles. The number of hydrogen-bond acceptors (Lipinski definition) is 2. The zero-order valence-corrected chi connectivity index (χ0v) is 13.0. The largest absolute Gasteiger partial charge is 0.349 e. The summed E-state index contributed by atoms with van der Waals surface area (Å²) >= 11 is 1.92. The minimum atomic E-state index is 0.709. The lowest BCUT2D eigenvalue weighted by Gasteiger charge is -2.05. The van der Waals surface area contributed by atoms with Crippen molar-refractivity contribution in [3.8, 4) is 0 Å². The van der Waals surface area contributed by atoms with E-state index < -0.39 is 0 Å². The van der Waals surface area contributed by atoms with Gasteiger partial charge in [-0.15, -0.1) is 11.3 Å². The Morgan fingerprint density at radius 3 is 2.68 bits per heavy atom. The molecule has 0 radical (unpaired) electrons. The number of nitrogens with one attached hydrogen (secondary N) is 1. The quantitative estimate of drug-likeness (QED) is 0.811. The van der Waals surface area contributed by atoms with Gasteiger partial charge in [0.1, 0.15) is 0 Å². The summed E-state index contributed by atoms with van der Waals surface area (Å²) in [5.41, 5.74) is 1.37. The van der Waals surface area contributed by atoms with Gasteiger partial charge in [-0.1, -0.05) is 20.8 Å². The second-order valence-corrected chi connectivity index (χ2v) is 6.69. The molecule has 0 aliphatic rings. The summed E-state index contributed by atoms with van der Waals surface area (Å²) < 4.78 is 2.28. The highest BCUT2D eigenvalue weighted by molar-refractivity contribution is 7.11. The maximum atomic E-state index is 3.48. The van der Waals surface area contributed by atoms with Gasteiger partial charge in [0.05, 0.1) is 6.54 Å². The van der Waals surface area contributed by atoms with E-state index in [-0.39, 0.29) is 0 Å². The lowest BCUT2D eigenvalue weighted by atomic mass is 10.2. The normalized spacial score (nSPS) is 11.4. The minimum absolute atomic E-state index is 0.709. The van der Waals surface area contributed by atoms with Crippen LogP contribution in [0.25, 0.3) is 0 Å². The molecule has 0 fully saturated rings. The molecule has 2 aromatic heterocycles. The van der Waals surface area contributed by atoms with Crippen molar-refractivity contribution in [2.45, 2.75) is 40.3 Å². The molecular formula is C16H24N2S. The number of thiophene rings is 1. The van der Waals surface area contributed by atoms with Crippen molar-refractivity contribution in [1.29, 1.82) is 0 Å². The third kappa shape index (κ3) is 4.51. The number of aromatic nitrogens is 1. The van der Waals surface area contributed by atoms with Crippen molar-refractivity contribution < 1.29 is 0 Å². The Bertz CT molecular complexity index is 496. The molecule has 0 saturated heterocycles. The smallest absolute Gasteiger partial charge is 0.0563 e. The van der Waals surface area contributed by atoms with E-state index in [1.165, 1.54) is 15.3 Å². The van der Waals surface area contributed by atoms with Gasteiger partial charge in [-0.25, -0.2) is 0 Å². The SMILES string of the molecule is CCc1ccc(Cn2ccc(CNCC(C)C)c2)s1. The molecule has 0 saturated carbocycles.